The molecule has 1 unspecified atom stereocenters. The summed E-state index contributed by atoms with van der Waals surface area (Å²) in [6.07, 6.45) is 0.991. The summed E-state index contributed by atoms with van der Waals surface area (Å²) in [6.45, 7) is 4.63. The van der Waals surface area contributed by atoms with E-state index in [0.29, 0.717) is 18.9 Å². The second kappa shape index (κ2) is 10.5. The molecule has 0 aliphatic heterocycles. The first-order valence-electron chi connectivity index (χ1n) is 9.13. The third kappa shape index (κ3) is 6.22. The highest BCUT2D eigenvalue weighted by Crippen LogP contribution is 2.27. The van der Waals surface area contributed by atoms with Crippen LogP contribution in [0.4, 0.5) is 0 Å². The number of benzene rings is 2. The molecule has 6 nitrogen and oxygen atoms in total. The number of carbonyl (C=O) groups excluding carboxylic acids is 1. The van der Waals surface area contributed by atoms with E-state index in [0.717, 1.165) is 12.0 Å². The van der Waals surface area contributed by atoms with Crippen molar-refractivity contribution >= 4 is 27.5 Å². The molecule has 0 spiro atoms. The van der Waals surface area contributed by atoms with Crippen molar-refractivity contribution in [1.82, 2.24) is 10.0 Å². The van der Waals surface area contributed by atoms with Crippen LogP contribution in [0.25, 0.3) is 0 Å². The molecule has 0 aliphatic carbocycles. The number of hydrogen-bond acceptors (Lipinski definition) is 4. The van der Waals surface area contributed by atoms with Gasteiger partial charge in [-0.05, 0) is 43.5 Å². The zero-order chi connectivity index (χ0) is 20.6. The standard InChI is InChI=1S/C20H25ClN2O4S/c1-3-12-22-20(24)18(13-15-8-6-5-7-9-15)23-28(25,26)16-10-11-19(27-4-2)17(21)14-16/h5-11,14,18,23H,3-4,12-13H2,1-2H3,(H,22,24). The van der Waals surface area contributed by atoms with Crippen LogP contribution in [0.2, 0.25) is 5.02 Å². The zero-order valence-corrected chi connectivity index (χ0v) is 17.5. The molecule has 8 heteroatoms. The predicted molar refractivity (Wildman–Crippen MR) is 110 cm³/mol. The Bertz CT molecular complexity index is 888. The highest BCUT2D eigenvalue weighted by atomic mass is 35.5. The summed E-state index contributed by atoms with van der Waals surface area (Å²) in [5.74, 6) is 0.0379. The van der Waals surface area contributed by atoms with Crippen LogP contribution in [-0.2, 0) is 21.2 Å². The van der Waals surface area contributed by atoms with Gasteiger partial charge in [0, 0.05) is 6.54 Å². The normalized spacial score (nSPS) is 12.4. The summed E-state index contributed by atoms with van der Waals surface area (Å²) in [4.78, 5) is 12.5. The monoisotopic (exact) mass is 424 g/mol. The van der Waals surface area contributed by atoms with Gasteiger partial charge in [0.05, 0.1) is 16.5 Å². The van der Waals surface area contributed by atoms with E-state index in [1.807, 2.05) is 44.2 Å². The van der Waals surface area contributed by atoms with Gasteiger partial charge in [0.15, 0.2) is 0 Å². The summed E-state index contributed by atoms with van der Waals surface area (Å²) in [6, 6.07) is 12.5. The van der Waals surface area contributed by atoms with Gasteiger partial charge >= 0.3 is 0 Å². The lowest BCUT2D eigenvalue weighted by Gasteiger charge is -2.19. The topological polar surface area (TPSA) is 84.5 Å². The molecule has 2 N–H and O–H groups in total. The average Bonchev–Trinajstić information content (AvgIpc) is 2.68. The van der Waals surface area contributed by atoms with Crippen LogP contribution in [0.15, 0.2) is 53.4 Å². The van der Waals surface area contributed by atoms with Crippen molar-refractivity contribution in [2.75, 3.05) is 13.2 Å². The largest absolute Gasteiger partial charge is 0.492 e. The molecule has 28 heavy (non-hydrogen) atoms. The Labute approximate surface area is 171 Å². The third-order valence-electron chi connectivity index (χ3n) is 3.96. The molecule has 0 radical (unpaired) electrons. The van der Waals surface area contributed by atoms with Gasteiger partial charge in [-0.3, -0.25) is 4.79 Å². The average molecular weight is 425 g/mol. The van der Waals surface area contributed by atoms with Gasteiger partial charge in [-0.2, -0.15) is 4.72 Å². The Balaban J connectivity index is 2.25. The summed E-state index contributed by atoms with van der Waals surface area (Å²) < 4.78 is 33.5. The molecule has 0 fully saturated rings. The van der Waals surface area contributed by atoms with Crippen LogP contribution < -0.4 is 14.8 Å². The first-order valence-corrected chi connectivity index (χ1v) is 11.0. The summed E-state index contributed by atoms with van der Waals surface area (Å²) in [5.41, 5.74) is 0.853. The number of carbonyl (C=O) groups is 1. The maximum absolute atomic E-state index is 12.8. The smallest absolute Gasteiger partial charge is 0.241 e. The van der Waals surface area contributed by atoms with Crippen LogP contribution in [-0.4, -0.2) is 33.5 Å². The predicted octanol–water partition coefficient (Wildman–Crippen LogP) is 3.15. The van der Waals surface area contributed by atoms with E-state index in [9.17, 15) is 13.2 Å². The molecule has 2 rings (SSSR count). The minimum Gasteiger partial charge on any atom is -0.492 e. The number of ether oxygens (including phenoxy) is 1. The SMILES string of the molecule is CCCNC(=O)C(Cc1ccccc1)NS(=O)(=O)c1ccc(OCC)c(Cl)c1. The van der Waals surface area contributed by atoms with Gasteiger partial charge in [0.25, 0.3) is 0 Å². The van der Waals surface area contributed by atoms with E-state index >= 15 is 0 Å². The number of nitrogens with one attached hydrogen (secondary N) is 2. The molecule has 2 aromatic carbocycles. The summed E-state index contributed by atoms with van der Waals surface area (Å²) in [7, 11) is -3.95. The molecular weight excluding hydrogens is 400 g/mol. The molecule has 0 bridgehead atoms. The molecule has 0 aromatic heterocycles. The maximum Gasteiger partial charge on any atom is 0.241 e. The van der Waals surface area contributed by atoms with E-state index < -0.39 is 16.1 Å². The van der Waals surface area contributed by atoms with Crippen molar-refractivity contribution in [1.29, 1.82) is 0 Å². The van der Waals surface area contributed by atoms with Gasteiger partial charge in [-0.1, -0.05) is 48.9 Å². The molecule has 152 valence electrons. The van der Waals surface area contributed by atoms with Crippen LogP contribution in [0.3, 0.4) is 0 Å². The number of amides is 1. The summed E-state index contributed by atoms with van der Waals surface area (Å²) in [5, 5.41) is 2.95. The zero-order valence-electron chi connectivity index (χ0n) is 15.9. The quantitative estimate of drug-likeness (QED) is 0.613. The van der Waals surface area contributed by atoms with Gasteiger partial charge in [0.1, 0.15) is 11.8 Å². The Hall–Kier alpha value is -2.09. The van der Waals surface area contributed by atoms with Crippen molar-refractivity contribution < 1.29 is 17.9 Å². The van der Waals surface area contributed by atoms with Gasteiger partial charge in [-0.15, -0.1) is 0 Å². The van der Waals surface area contributed by atoms with Crippen LogP contribution in [0.1, 0.15) is 25.8 Å². The Morgan fingerprint density at radius 3 is 2.46 bits per heavy atom. The molecular formula is C20H25ClN2O4S. The molecule has 0 aliphatic rings. The fourth-order valence-electron chi connectivity index (χ4n) is 2.59. The van der Waals surface area contributed by atoms with Crippen molar-refractivity contribution in [2.45, 2.75) is 37.6 Å². The van der Waals surface area contributed by atoms with E-state index in [2.05, 4.69) is 10.0 Å². The van der Waals surface area contributed by atoms with E-state index in [1.165, 1.54) is 18.2 Å². The molecule has 1 amide bonds. The second-order valence-electron chi connectivity index (χ2n) is 6.18. The molecule has 0 saturated carbocycles. The number of sulfonamides is 1. The Morgan fingerprint density at radius 2 is 1.86 bits per heavy atom. The first-order chi connectivity index (χ1) is 13.4. The van der Waals surface area contributed by atoms with Crippen molar-refractivity contribution in [3.8, 4) is 5.75 Å². The number of halogens is 1. The van der Waals surface area contributed by atoms with Gasteiger partial charge in [-0.25, -0.2) is 8.42 Å². The third-order valence-corrected chi connectivity index (χ3v) is 5.72. The van der Waals surface area contributed by atoms with Crippen LogP contribution in [0.5, 0.6) is 5.75 Å². The van der Waals surface area contributed by atoms with E-state index in [1.54, 1.807) is 0 Å². The highest BCUT2D eigenvalue weighted by molar-refractivity contribution is 7.89. The van der Waals surface area contributed by atoms with E-state index in [-0.39, 0.29) is 22.2 Å². The van der Waals surface area contributed by atoms with Crippen LogP contribution in [0, 0.1) is 0 Å². The summed E-state index contributed by atoms with van der Waals surface area (Å²) >= 11 is 6.12. The Morgan fingerprint density at radius 1 is 1.14 bits per heavy atom. The number of hydrogen-bond donors (Lipinski definition) is 2. The molecule has 0 saturated heterocycles. The fraction of sp³-hybridized carbons (Fsp3) is 0.350. The van der Waals surface area contributed by atoms with Crippen LogP contribution >= 0.6 is 11.6 Å². The van der Waals surface area contributed by atoms with E-state index in [4.69, 9.17) is 16.3 Å². The van der Waals surface area contributed by atoms with Crippen molar-refractivity contribution in [3.63, 3.8) is 0 Å². The number of rotatable bonds is 10. The molecule has 0 heterocycles. The Kier molecular flexibility index (Phi) is 8.29. The maximum atomic E-state index is 12.8. The minimum atomic E-state index is -3.95. The minimum absolute atomic E-state index is 0.0256. The fourth-order valence-corrected chi connectivity index (χ4v) is 4.11. The lowest BCUT2D eigenvalue weighted by atomic mass is 10.1. The van der Waals surface area contributed by atoms with Gasteiger partial charge in [0.2, 0.25) is 15.9 Å². The lowest BCUT2D eigenvalue weighted by molar-refractivity contribution is -0.122. The second-order valence-corrected chi connectivity index (χ2v) is 8.30. The van der Waals surface area contributed by atoms with Gasteiger partial charge < -0.3 is 10.1 Å². The molecule has 1 atom stereocenters. The van der Waals surface area contributed by atoms with Crippen molar-refractivity contribution in [2.24, 2.45) is 0 Å². The van der Waals surface area contributed by atoms with Crippen molar-refractivity contribution in [3.05, 3.63) is 59.1 Å². The molecule has 2 aromatic rings. The lowest BCUT2D eigenvalue weighted by Crippen LogP contribution is -2.48. The first kappa shape index (κ1) is 22.2. The highest BCUT2D eigenvalue weighted by Gasteiger charge is 2.26.